The van der Waals surface area contributed by atoms with Gasteiger partial charge in [-0.3, -0.25) is 14.9 Å². The van der Waals surface area contributed by atoms with Crippen LogP contribution < -0.4 is 9.64 Å². The Labute approximate surface area is 200 Å². The number of nitro groups is 1. The third-order valence-corrected chi connectivity index (χ3v) is 5.69. The summed E-state index contributed by atoms with van der Waals surface area (Å²) < 4.78 is 10.6. The zero-order chi connectivity index (χ0) is 24.1. The molecule has 3 rings (SSSR count). The molecule has 0 N–H and O–H groups in total. The SMILES string of the molecule is CCOC(=O)c1ccc(N2CCN(C(=O)[C@@H](C)Oc3ccc(Cl)cc3Cl)CC2)c([N+](=O)[O-])c1. The highest BCUT2D eigenvalue weighted by molar-refractivity contribution is 6.35. The van der Waals surface area contributed by atoms with E-state index >= 15 is 0 Å². The van der Waals surface area contributed by atoms with Crippen LogP contribution in [0.1, 0.15) is 24.2 Å². The van der Waals surface area contributed by atoms with Gasteiger partial charge in [0, 0.05) is 37.3 Å². The number of benzene rings is 2. The minimum Gasteiger partial charge on any atom is -0.479 e. The van der Waals surface area contributed by atoms with Crippen LogP contribution in [0.3, 0.4) is 0 Å². The van der Waals surface area contributed by atoms with Crippen molar-refractivity contribution in [2.24, 2.45) is 0 Å². The molecule has 2 aromatic rings. The van der Waals surface area contributed by atoms with Crippen molar-refractivity contribution in [2.75, 3.05) is 37.7 Å². The number of hydrogen-bond donors (Lipinski definition) is 0. The van der Waals surface area contributed by atoms with Crippen LogP contribution >= 0.6 is 23.2 Å². The number of anilines is 1. The molecule has 0 saturated carbocycles. The lowest BCUT2D eigenvalue weighted by atomic mass is 10.1. The zero-order valence-corrected chi connectivity index (χ0v) is 19.6. The molecule has 0 aromatic heterocycles. The maximum absolute atomic E-state index is 12.8. The zero-order valence-electron chi connectivity index (χ0n) is 18.1. The van der Waals surface area contributed by atoms with E-state index in [4.69, 9.17) is 32.7 Å². The fraction of sp³-hybridized carbons (Fsp3) is 0.364. The van der Waals surface area contributed by atoms with E-state index in [0.29, 0.717) is 47.7 Å². The first kappa shape index (κ1) is 24.6. The van der Waals surface area contributed by atoms with Crippen LogP contribution in [0.2, 0.25) is 10.0 Å². The molecule has 33 heavy (non-hydrogen) atoms. The summed E-state index contributed by atoms with van der Waals surface area (Å²) in [5.41, 5.74) is 0.319. The summed E-state index contributed by atoms with van der Waals surface area (Å²) in [5, 5.41) is 12.4. The first-order valence-corrected chi connectivity index (χ1v) is 11.1. The molecule has 0 aliphatic carbocycles. The van der Waals surface area contributed by atoms with Crippen molar-refractivity contribution in [2.45, 2.75) is 20.0 Å². The summed E-state index contributed by atoms with van der Waals surface area (Å²) in [7, 11) is 0. The van der Waals surface area contributed by atoms with E-state index in [2.05, 4.69) is 0 Å². The molecule has 2 aromatic carbocycles. The summed E-state index contributed by atoms with van der Waals surface area (Å²) in [4.78, 5) is 39.3. The molecular formula is C22H23Cl2N3O6. The Balaban J connectivity index is 1.65. The second kappa shape index (κ2) is 10.7. The molecule has 9 nitrogen and oxygen atoms in total. The number of ether oxygens (including phenoxy) is 2. The molecule has 11 heteroatoms. The van der Waals surface area contributed by atoms with Crippen molar-refractivity contribution in [3.8, 4) is 5.75 Å². The van der Waals surface area contributed by atoms with Gasteiger partial charge in [0.15, 0.2) is 6.10 Å². The molecule has 1 aliphatic rings. The van der Waals surface area contributed by atoms with Crippen LogP contribution in [0.5, 0.6) is 5.75 Å². The average molecular weight is 496 g/mol. The van der Waals surface area contributed by atoms with Crippen LogP contribution in [0.15, 0.2) is 36.4 Å². The smallest absolute Gasteiger partial charge is 0.338 e. The third-order valence-electron chi connectivity index (χ3n) is 5.16. The van der Waals surface area contributed by atoms with E-state index in [1.807, 2.05) is 4.90 Å². The molecule has 0 radical (unpaired) electrons. The van der Waals surface area contributed by atoms with Gasteiger partial charge >= 0.3 is 5.97 Å². The first-order chi connectivity index (χ1) is 15.7. The predicted octanol–water partition coefficient (Wildman–Crippen LogP) is 4.19. The van der Waals surface area contributed by atoms with Crippen molar-refractivity contribution in [1.29, 1.82) is 0 Å². The highest BCUT2D eigenvalue weighted by Crippen LogP contribution is 2.31. The number of esters is 1. The average Bonchev–Trinajstić information content (AvgIpc) is 2.80. The summed E-state index contributed by atoms with van der Waals surface area (Å²) in [6.07, 6.45) is -0.770. The number of hydrogen-bond acceptors (Lipinski definition) is 7. The first-order valence-electron chi connectivity index (χ1n) is 10.3. The number of piperazine rings is 1. The van der Waals surface area contributed by atoms with Gasteiger partial charge in [-0.15, -0.1) is 0 Å². The van der Waals surface area contributed by atoms with Crippen molar-refractivity contribution in [1.82, 2.24) is 4.90 Å². The van der Waals surface area contributed by atoms with Gasteiger partial charge in [-0.25, -0.2) is 4.79 Å². The summed E-state index contributed by atoms with van der Waals surface area (Å²) >= 11 is 12.0. The topological polar surface area (TPSA) is 102 Å². The largest absolute Gasteiger partial charge is 0.479 e. The van der Waals surface area contributed by atoms with Crippen LogP contribution in [0, 0.1) is 10.1 Å². The predicted molar refractivity (Wildman–Crippen MR) is 124 cm³/mol. The van der Waals surface area contributed by atoms with E-state index in [0.717, 1.165) is 0 Å². The van der Waals surface area contributed by atoms with E-state index in [1.54, 1.807) is 30.9 Å². The molecule has 1 aliphatic heterocycles. The second-order valence-electron chi connectivity index (χ2n) is 7.33. The molecule has 1 atom stereocenters. The Morgan fingerprint density at radius 2 is 1.82 bits per heavy atom. The van der Waals surface area contributed by atoms with Gasteiger partial charge in [0.1, 0.15) is 11.4 Å². The van der Waals surface area contributed by atoms with Gasteiger partial charge < -0.3 is 19.3 Å². The quantitative estimate of drug-likeness (QED) is 0.322. The van der Waals surface area contributed by atoms with Crippen molar-refractivity contribution < 1.29 is 24.0 Å². The van der Waals surface area contributed by atoms with Crippen LogP contribution in [-0.2, 0) is 9.53 Å². The van der Waals surface area contributed by atoms with Gasteiger partial charge in [0.25, 0.3) is 11.6 Å². The molecular weight excluding hydrogens is 473 g/mol. The third kappa shape index (κ3) is 5.85. The van der Waals surface area contributed by atoms with Crippen LogP contribution in [0.4, 0.5) is 11.4 Å². The van der Waals surface area contributed by atoms with E-state index in [-0.39, 0.29) is 23.8 Å². The van der Waals surface area contributed by atoms with Crippen molar-refractivity contribution >= 4 is 46.5 Å². The van der Waals surface area contributed by atoms with Gasteiger partial charge in [-0.1, -0.05) is 23.2 Å². The molecule has 1 fully saturated rings. The van der Waals surface area contributed by atoms with Crippen LogP contribution in [-0.4, -0.2) is 60.6 Å². The number of rotatable bonds is 7. The Hall–Kier alpha value is -3.04. The number of halogens is 2. The molecule has 1 amide bonds. The fourth-order valence-electron chi connectivity index (χ4n) is 3.51. The standard InChI is InChI=1S/C22H23Cl2N3O6/c1-3-32-22(29)15-4-6-18(19(12-15)27(30)31)25-8-10-26(11-9-25)21(28)14(2)33-20-7-5-16(23)13-17(20)24/h4-7,12-14H,3,8-11H2,1-2H3/t14-/m1/s1. The number of amides is 1. The number of carbonyl (C=O) groups is 2. The number of nitrogens with zero attached hydrogens (tertiary/aromatic N) is 3. The molecule has 176 valence electrons. The Bertz CT molecular complexity index is 1060. The molecule has 1 saturated heterocycles. The lowest BCUT2D eigenvalue weighted by Crippen LogP contribution is -2.52. The molecule has 0 unspecified atom stereocenters. The summed E-state index contributed by atoms with van der Waals surface area (Å²) in [5.74, 6) is -0.469. The van der Waals surface area contributed by atoms with Crippen LogP contribution in [0.25, 0.3) is 0 Å². The van der Waals surface area contributed by atoms with E-state index < -0.39 is 17.0 Å². The molecule has 0 bridgehead atoms. The van der Waals surface area contributed by atoms with E-state index in [1.165, 1.54) is 24.3 Å². The summed E-state index contributed by atoms with van der Waals surface area (Å²) in [6.45, 7) is 4.97. The normalized spacial score (nSPS) is 14.5. The lowest BCUT2D eigenvalue weighted by molar-refractivity contribution is -0.384. The Morgan fingerprint density at radius 3 is 2.42 bits per heavy atom. The minimum atomic E-state index is -0.770. The molecule has 0 spiro atoms. The fourth-order valence-corrected chi connectivity index (χ4v) is 3.97. The molecule has 1 heterocycles. The highest BCUT2D eigenvalue weighted by atomic mass is 35.5. The monoisotopic (exact) mass is 495 g/mol. The second-order valence-corrected chi connectivity index (χ2v) is 8.17. The van der Waals surface area contributed by atoms with Crippen molar-refractivity contribution in [3.05, 3.63) is 62.1 Å². The maximum Gasteiger partial charge on any atom is 0.338 e. The van der Waals surface area contributed by atoms with Crippen molar-refractivity contribution in [3.63, 3.8) is 0 Å². The van der Waals surface area contributed by atoms with E-state index in [9.17, 15) is 19.7 Å². The highest BCUT2D eigenvalue weighted by Gasteiger charge is 2.29. The minimum absolute atomic E-state index is 0.118. The number of carbonyl (C=O) groups excluding carboxylic acids is 2. The van der Waals surface area contributed by atoms with Gasteiger partial charge in [-0.2, -0.15) is 0 Å². The van der Waals surface area contributed by atoms with Gasteiger partial charge in [-0.05, 0) is 44.2 Å². The van der Waals surface area contributed by atoms with Gasteiger partial charge in [0.05, 0.1) is 22.1 Å². The Kier molecular flexibility index (Phi) is 7.99. The number of nitro benzene ring substituents is 1. The van der Waals surface area contributed by atoms with Gasteiger partial charge in [0.2, 0.25) is 0 Å². The Morgan fingerprint density at radius 1 is 1.12 bits per heavy atom. The maximum atomic E-state index is 12.8. The lowest BCUT2D eigenvalue weighted by Gasteiger charge is -2.36. The summed E-state index contributed by atoms with van der Waals surface area (Å²) in [6, 6.07) is 9.02.